The Morgan fingerprint density at radius 2 is 1.73 bits per heavy atom. The third-order valence-electron chi connectivity index (χ3n) is 4.77. The van der Waals surface area contributed by atoms with E-state index < -0.39 is 0 Å². The maximum Gasteiger partial charge on any atom is 0.267 e. The molecule has 6 nitrogen and oxygen atoms in total. The minimum Gasteiger partial charge on any atom is -0.300 e. The van der Waals surface area contributed by atoms with Crippen molar-refractivity contribution < 1.29 is 4.79 Å². The van der Waals surface area contributed by atoms with Gasteiger partial charge in [0, 0.05) is 11.6 Å². The van der Waals surface area contributed by atoms with E-state index in [1.165, 1.54) is 22.1 Å². The maximum absolute atomic E-state index is 12.5. The second-order valence-electron chi connectivity index (χ2n) is 6.78. The third kappa shape index (κ3) is 3.46. The summed E-state index contributed by atoms with van der Waals surface area (Å²) in [4.78, 5) is 29.2. The molecule has 5 rings (SSSR count). The highest BCUT2D eigenvalue weighted by molar-refractivity contribution is 7.22. The summed E-state index contributed by atoms with van der Waals surface area (Å²) in [5.74, 6) is -0.348. The van der Waals surface area contributed by atoms with Crippen LogP contribution in [0.5, 0.6) is 0 Å². The molecule has 1 amide bonds. The first kappa shape index (κ1) is 18.2. The zero-order chi connectivity index (χ0) is 20.5. The molecule has 0 atom stereocenters. The SMILES string of the molecule is O=C(Cn1nc(-c2cccc3ccccc23)ccc1=O)Nc1nc2ccccc2s1. The molecule has 1 N–H and O–H groups in total. The Morgan fingerprint density at radius 3 is 2.63 bits per heavy atom. The Labute approximate surface area is 175 Å². The molecule has 146 valence electrons. The normalized spacial score (nSPS) is 11.1. The first-order valence-electron chi connectivity index (χ1n) is 9.39. The van der Waals surface area contributed by atoms with Crippen LogP contribution in [-0.2, 0) is 11.3 Å². The first-order valence-corrected chi connectivity index (χ1v) is 10.2. The largest absolute Gasteiger partial charge is 0.300 e. The van der Waals surface area contributed by atoms with Gasteiger partial charge in [0.15, 0.2) is 5.13 Å². The van der Waals surface area contributed by atoms with E-state index in [9.17, 15) is 9.59 Å². The Morgan fingerprint density at radius 1 is 0.933 bits per heavy atom. The quantitative estimate of drug-likeness (QED) is 0.477. The number of nitrogens with zero attached hydrogens (tertiary/aromatic N) is 3. The highest BCUT2D eigenvalue weighted by Crippen LogP contribution is 2.27. The number of thiazole rings is 1. The number of anilines is 1. The molecule has 5 aromatic rings. The van der Waals surface area contributed by atoms with E-state index in [1.54, 1.807) is 6.07 Å². The summed E-state index contributed by atoms with van der Waals surface area (Å²) >= 11 is 1.39. The van der Waals surface area contributed by atoms with Gasteiger partial charge < -0.3 is 5.32 Å². The van der Waals surface area contributed by atoms with E-state index in [0.29, 0.717) is 10.8 Å². The molecule has 0 spiro atoms. The molecule has 0 bridgehead atoms. The zero-order valence-electron chi connectivity index (χ0n) is 15.8. The Kier molecular flexibility index (Phi) is 4.57. The fraction of sp³-hybridized carbons (Fsp3) is 0.0435. The van der Waals surface area contributed by atoms with E-state index in [0.717, 1.165) is 26.6 Å². The van der Waals surface area contributed by atoms with Gasteiger partial charge in [0.2, 0.25) is 5.91 Å². The molecule has 0 unspecified atom stereocenters. The van der Waals surface area contributed by atoms with Gasteiger partial charge in [0.25, 0.3) is 5.56 Å². The van der Waals surface area contributed by atoms with Crippen molar-refractivity contribution in [3.63, 3.8) is 0 Å². The van der Waals surface area contributed by atoms with Crippen LogP contribution in [-0.4, -0.2) is 20.7 Å². The molecule has 7 heteroatoms. The Hall–Kier alpha value is -3.84. The Bertz CT molecular complexity index is 1420. The van der Waals surface area contributed by atoms with Gasteiger partial charge in [-0.3, -0.25) is 9.59 Å². The lowest BCUT2D eigenvalue weighted by Crippen LogP contribution is -2.29. The van der Waals surface area contributed by atoms with Gasteiger partial charge in [-0.1, -0.05) is 65.9 Å². The van der Waals surface area contributed by atoms with Gasteiger partial charge in [-0.15, -0.1) is 0 Å². The number of nitrogens with one attached hydrogen (secondary N) is 1. The molecule has 0 fully saturated rings. The molecule has 3 aromatic carbocycles. The minimum absolute atomic E-state index is 0.187. The molecule has 0 aliphatic rings. The molecule has 0 radical (unpaired) electrons. The van der Waals surface area contributed by atoms with Crippen molar-refractivity contribution in [3.8, 4) is 11.3 Å². The van der Waals surface area contributed by atoms with Crippen LogP contribution >= 0.6 is 11.3 Å². The third-order valence-corrected chi connectivity index (χ3v) is 5.72. The molecule has 30 heavy (non-hydrogen) atoms. The molecule has 2 heterocycles. The van der Waals surface area contributed by atoms with Crippen molar-refractivity contribution in [3.05, 3.63) is 89.2 Å². The molecule has 2 aromatic heterocycles. The van der Waals surface area contributed by atoms with Crippen LogP contribution < -0.4 is 10.9 Å². The van der Waals surface area contributed by atoms with Crippen LogP contribution in [0.4, 0.5) is 5.13 Å². The number of fused-ring (bicyclic) bond motifs is 2. The lowest BCUT2D eigenvalue weighted by Gasteiger charge is -2.09. The van der Waals surface area contributed by atoms with E-state index >= 15 is 0 Å². The summed E-state index contributed by atoms with van der Waals surface area (Å²) in [6, 6.07) is 24.7. The lowest BCUT2D eigenvalue weighted by atomic mass is 10.0. The summed E-state index contributed by atoms with van der Waals surface area (Å²) in [7, 11) is 0. The van der Waals surface area contributed by atoms with Crippen molar-refractivity contribution >= 4 is 43.4 Å². The number of benzene rings is 3. The summed E-state index contributed by atoms with van der Waals surface area (Å²) < 4.78 is 2.17. The molecule has 0 aliphatic carbocycles. The average molecular weight is 412 g/mol. The molecular weight excluding hydrogens is 396 g/mol. The zero-order valence-corrected chi connectivity index (χ0v) is 16.6. The topological polar surface area (TPSA) is 76.9 Å². The van der Waals surface area contributed by atoms with E-state index in [4.69, 9.17) is 0 Å². The Balaban J connectivity index is 1.43. The maximum atomic E-state index is 12.5. The van der Waals surface area contributed by atoms with Crippen molar-refractivity contribution in [1.82, 2.24) is 14.8 Å². The van der Waals surface area contributed by atoms with E-state index in [2.05, 4.69) is 15.4 Å². The van der Waals surface area contributed by atoms with Crippen LogP contribution in [0.15, 0.2) is 83.7 Å². The number of amides is 1. The number of aromatic nitrogens is 3. The number of hydrogen-bond acceptors (Lipinski definition) is 5. The second-order valence-corrected chi connectivity index (χ2v) is 7.81. The van der Waals surface area contributed by atoms with Gasteiger partial charge in [-0.25, -0.2) is 9.67 Å². The van der Waals surface area contributed by atoms with Gasteiger partial charge >= 0.3 is 0 Å². The predicted octanol–water partition coefficient (Wildman–Crippen LogP) is 4.31. The number of rotatable bonds is 4. The fourth-order valence-corrected chi connectivity index (χ4v) is 4.26. The highest BCUT2D eigenvalue weighted by Gasteiger charge is 2.12. The summed E-state index contributed by atoms with van der Waals surface area (Å²) in [6.07, 6.45) is 0. The molecule has 0 saturated carbocycles. The summed E-state index contributed by atoms with van der Waals surface area (Å²) in [6.45, 7) is -0.187. The van der Waals surface area contributed by atoms with Crippen molar-refractivity contribution in [2.24, 2.45) is 0 Å². The molecule has 0 saturated heterocycles. The van der Waals surface area contributed by atoms with Crippen molar-refractivity contribution in [2.45, 2.75) is 6.54 Å². The lowest BCUT2D eigenvalue weighted by molar-refractivity contribution is -0.117. The van der Waals surface area contributed by atoms with Crippen molar-refractivity contribution in [2.75, 3.05) is 5.32 Å². The first-order chi connectivity index (χ1) is 14.7. The van der Waals surface area contributed by atoms with Crippen LogP contribution in [0.3, 0.4) is 0 Å². The number of para-hydroxylation sites is 1. The van der Waals surface area contributed by atoms with Crippen LogP contribution in [0.2, 0.25) is 0 Å². The average Bonchev–Trinajstić information content (AvgIpc) is 3.17. The van der Waals surface area contributed by atoms with E-state index in [1.807, 2.05) is 66.7 Å². The van der Waals surface area contributed by atoms with E-state index in [-0.39, 0.29) is 18.0 Å². The fourth-order valence-electron chi connectivity index (χ4n) is 3.38. The van der Waals surface area contributed by atoms with Crippen molar-refractivity contribution in [1.29, 1.82) is 0 Å². The highest BCUT2D eigenvalue weighted by atomic mass is 32.1. The summed E-state index contributed by atoms with van der Waals surface area (Å²) in [5, 5.41) is 9.83. The summed E-state index contributed by atoms with van der Waals surface area (Å²) in [5.41, 5.74) is 2.04. The van der Waals surface area contributed by atoms with Crippen LogP contribution in [0.25, 0.3) is 32.2 Å². The smallest absolute Gasteiger partial charge is 0.267 e. The molecular formula is C23H16N4O2S. The number of carbonyl (C=O) groups is 1. The monoisotopic (exact) mass is 412 g/mol. The number of carbonyl (C=O) groups excluding carboxylic acids is 1. The number of hydrogen-bond donors (Lipinski definition) is 1. The minimum atomic E-state index is -0.348. The van der Waals surface area contributed by atoms with Crippen LogP contribution in [0.1, 0.15) is 0 Å². The standard InChI is InChI=1S/C23H16N4O2S/c28-21(25-23-24-19-10-3-4-11-20(19)30-23)14-27-22(29)13-12-18(26-27)17-9-5-7-15-6-1-2-8-16(15)17/h1-13H,14H2,(H,24,25,28). The van der Waals surface area contributed by atoms with Gasteiger partial charge in [0.1, 0.15) is 6.54 Å². The second kappa shape index (κ2) is 7.53. The van der Waals surface area contributed by atoms with Gasteiger partial charge in [-0.05, 0) is 29.0 Å². The molecule has 0 aliphatic heterocycles. The van der Waals surface area contributed by atoms with Gasteiger partial charge in [-0.2, -0.15) is 5.10 Å². The van der Waals surface area contributed by atoms with Gasteiger partial charge in [0.05, 0.1) is 15.9 Å². The van der Waals surface area contributed by atoms with Crippen LogP contribution in [0, 0.1) is 0 Å². The predicted molar refractivity (Wildman–Crippen MR) is 120 cm³/mol.